The van der Waals surface area contributed by atoms with Crippen LogP contribution in [0.1, 0.15) is 11.5 Å². The standard InChI is InChI=1S/C13H9BrF3NO/c1-2-3-10-18-11(12(14)19-10)8-4-6-9(7-5-8)13(15,16)17/h2,4-7H,1,3H2. The molecule has 0 fully saturated rings. The van der Waals surface area contributed by atoms with E-state index in [-0.39, 0.29) is 0 Å². The highest BCUT2D eigenvalue weighted by atomic mass is 79.9. The first-order valence-electron chi connectivity index (χ1n) is 5.35. The zero-order chi connectivity index (χ0) is 14.0. The van der Waals surface area contributed by atoms with E-state index in [9.17, 15) is 13.2 Å². The summed E-state index contributed by atoms with van der Waals surface area (Å²) in [6.45, 7) is 3.57. The van der Waals surface area contributed by atoms with Crippen molar-refractivity contribution in [3.05, 3.63) is 53.7 Å². The van der Waals surface area contributed by atoms with Crippen LogP contribution in [0.4, 0.5) is 13.2 Å². The highest BCUT2D eigenvalue weighted by Gasteiger charge is 2.30. The summed E-state index contributed by atoms with van der Waals surface area (Å²) in [6.07, 6.45) is -2.25. The summed E-state index contributed by atoms with van der Waals surface area (Å²) in [4.78, 5) is 4.20. The van der Waals surface area contributed by atoms with Crippen molar-refractivity contribution < 1.29 is 17.6 Å². The summed E-state index contributed by atoms with van der Waals surface area (Å²) in [5, 5.41) is 0. The van der Waals surface area contributed by atoms with Gasteiger partial charge in [-0.25, -0.2) is 4.98 Å². The Morgan fingerprint density at radius 2 is 1.89 bits per heavy atom. The van der Waals surface area contributed by atoms with Crippen LogP contribution in [0.25, 0.3) is 11.3 Å². The van der Waals surface area contributed by atoms with Crippen molar-refractivity contribution in [2.24, 2.45) is 0 Å². The number of halogens is 4. The molecule has 19 heavy (non-hydrogen) atoms. The molecule has 2 aromatic rings. The van der Waals surface area contributed by atoms with Crippen LogP contribution in [0, 0.1) is 13.3 Å². The maximum absolute atomic E-state index is 12.5. The van der Waals surface area contributed by atoms with Gasteiger partial charge < -0.3 is 4.42 Å². The van der Waals surface area contributed by atoms with E-state index < -0.39 is 11.7 Å². The minimum atomic E-state index is -4.34. The molecule has 0 saturated heterocycles. The number of nitrogens with zero attached hydrogens (tertiary/aromatic N) is 1. The Morgan fingerprint density at radius 3 is 2.42 bits per heavy atom. The van der Waals surface area contributed by atoms with E-state index in [1.165, 1.54) is 12.1 Å². The molecule has 0 aliphatic heterocycles. The fourth-order valence-corrected chi connectivity index (χ4v) is 2.05. The predicted octanol–water partition coefficient (Wildman–Crippen LogP) is 4.70. The van der Waals surface area contributed by atoms with Crippen LogP contribution in [0.3, 0.4) is 0 Å². The number of alkyl halides is 3. The van der Waals surface area contributed by atoms with Gasteiger partial charge in [0.05, 0.1) is 5.56 Å². The molecule has 0 aliphatic rings. The number of rotatable bonds is 3. The first-order chi connectivity index (χ1) is 8.91. The van der Waals surface area contributed by atoms with E-state index in [1.807, 2.05) is 0 Å². The lowest BCUT2D eigenvalue weighted by molar-refractivity contribution is -0.137. The van der Waals surface area contributed by atoms with E-state index in [0.29, 0.717) is 28.2 Å². The van der Waals surface area contributed by atoms with Crippen molar-refractivity contribution in [3.63, 3.8) is 0 Å². The molecule has 2 radical (unpaired) electrons. The third-order valence-corrected chi connectivity index (χ3v) is 2.97. The number of hydrogen-bond donors (Lipinski definition) is 0. The maximum Gasteiger partial charge on any atom is 0.416 e. The van der Waals surface area contributed by atoms with Crippen LogP contribution < -0.4 is 0 Å². The van der Waals surface area contributed by atoms with Crippen molar-refractivity contribution in [2.75, 3.05) is 0 Å². The van der Waals surface area contributed by atoms with E-state index in [0.717, 1.165) is 12.1 Å². The summed E-state index contributed by atoms with van der Waals surface area (Å²) >= 11 is 3.20. The first kappa shape index (κ1) is 14.1. The molecule has 0 saturated carbocycles. The van der Waals surface area contributed by atoms with E-state index >= 15 is 0 Å². The molecule has 0 bridgehead atoms. The second-order valence-electron chi connectivity index (χ2n) is 3.80. The van der Waals surface area contributed by atoms with Gasteiger partial charge in [-0.2, -0.15) is 13.2 Å². The molecule has 6 heteroatoms. The Kier molecular flexibility index (Phi) is 3.99. The monoisotopic (exact) mass is 331 g/mol. The van der Waals surface area contributed by atoms with Crippen molar-refractivity contribution in [1.29, 1.82) is 0 Å². The molecule has 0 N–H and O–H groups in total. The molecule has 0 amide bonds. The van der Waals surface area contributed by atoms with Gasteiger partial charge in [0.1, 0.15) is 5.69 Å². The van der Waals surface area contributed by atoms with E-state index in [4.69, 9.17) is 4.42 Å². The molecule has 1 aromatic carbocycles. The first-order valence-corrected chi connectivity index (χ1v) is 6.15. The fraction of sp³-hybridized carbons (Fsp3) is 0.154. The smallest absolute Gasteiger partial charge is 0.416 e. The normalized spacial score (nSPS) is 11.8. The zero-order valence-electron chi connectivity index (χ0n) is 9.67. The Labute approximate surface area is 116 Å². The third-order valence-electron chi connectivity index (χ3n) is 2.43. The van der Waals surface area contributed by atoms with Crippen LogP contribution >= 0.6 is 15.9 Å². The quantitative estimate of drug-likeness (QED) is 0.814. The van der Waals surface area contributed by atoms with Gasteiger partial charge in [-0.05, 0) is 41.4 Å². The summed E-state index contributed by atoms with van der Waals surface area (Å²) in [6, 6.07) is 4.76. The average molecular weight is 332 g/mol. The fourth-order valence-electron chi connectivity index (χ4n) is 1.55. The number of hydrogen-bond acceptors (Lipinski definition) is 2. The zero-order valence-corrected chi connectivity index (χ0v) is 11.3. The Balaban J connectivity index is 2.32. The van der Waals surface area contributed by atoms with Gasteiger partial charge in [-0.15, -0.1) is 0 Å². The van der Waals surface area contributed by atoms with Gasteiger partial charge >= 0.3 is 6.18 Å². The molecule has 0 aliphatic carbocycles. The summed E-state index contributed by atoms with van der Waals surface area (Å²) in [5.41, 5.74) is 0.340. The Hall–Kier alpha value is -1.30. The van der Waals surface area contributed by atoms with Crippen LogP contribution in [0.15, 0.2) is 33.4 Å². The van der Waals surface area contributed by atoms with Crippen LogP contribution in [0.5, 0.6) is 0 Å². The molecular formula is C13H9BrF3NO. The lowest BCUT2D eigenvalue weighted by atomic mass is 10.1. The second-order valence-corrected chi connectivity index (χ2v) is 4.52. The molecule has 2 nitrogen and oxygen atoms in total. The van der Waals surface area contributed by atoms with Crippen molar-refractivity contribution >= 4 is 15.9 Å². The number of oxazole rings is 1. The summed E-state index contributed by atoms with van der Waals surface area (Å²) in [7, 11) is 0. The minimum absolute atomic E-state index is 0.393. The van der Waals surface area contributed by atoms with Crippen molar-refractivity contribution in [3.8, 4) is 11.3 Å². The number of benzene rings is 1. The minimum Gasteiger partial charge on any atom is -0.433 e. The van der Waals surface area contributed by atoms with Gasteiger partial charge in [0.25, 0.3) is 0 Å². The highest BCUT2D eigenvalue weighted by molar-refractivity contribution is 9.10. The molecule has 2 rings (SSSR count). The Morgan fingerprint density at radius 1 is 1.26 bits per heavy atom. The van der Waals surface area contributed by atoms with Gasteiger partial charge in [0.15, 0.2) is 10.6 Å². The van der Waals surface area contributed by atoms with Gasteiger partial charge in [-0.3, -0.25) is 0 Å². The molecule has 1 heterocycles. The lowest BCUT2D eigenvalue weighted by Gasteiger charge is -2.06. The third kappa shape index (κ3) is 3.18. The lowest BCUT2D eigenvalue weighted by Crippen LogP contribution is -2.04. The van der Waals surface area contributed by atoms with E-state index in [1.54, 1.807) is 6.42 Å². The average Bonchev–Trinajstić information content (AvgIpc) is 2.70. The highest BCUT2D eigenvalue weighted by Crippen LogP contribution is 2.33. The molecule has 0 atom stereocenters. The van der Waals surface area contributed by atoms with Gasteiger partial charge in [0.2, 0.25) is 0 Å². The van der Waals surface area contributed by atoms with Crippen LogP contribution in [-0.4, -0.2) is 4.98 Å². The van der Waals surface area contributed by atoms with Crippen molar-refractivity contribution in [2.45, 2.75) is 12.6 Å². The molecular weight excluding hydrogens is 323 g/mol. The van der Waals surface area contributed by atoms with Crippen LogP contribution in [-0.2, 0) is 12.6 Å². The molecule has 0 unspecified atom stereocenters. The van der Waals surface area contributed by atoms with Gasteiger partial charge in [0, 0.05) is 12.0 Å². The summed E-state index contributed by atoms with van der Waals surface area (Å²) < 4.78 is 43.1. The molecule has 1 aromatic heterocycles. The SMILES string of the molecule is [CH2][CH]Cc1nc(-c2ccc(C(F)(F)F)cc2)c(Br)o1. The van der Waals surface area contributed by atoms with E-state index in [2.05, 4.69) is 27.8 Å². The summed E-state index contributed by atoms with van der Waals surface area (Å²) in [5.74, 6) is 0.455. The van der Waals surface area contributed by atoms with Crippen LogP contribution in [0.2, 0.25) is 0 Å². The van der Waals surface area contributed by atoms with Crippen molar-refractivity contribution in [1.82, 2.24) is 4.98 Å². The second kappa shape index (κ2) is 5.36. The predicted molar refractivity (Wildman–Crippen MR) is 68.0 cm³/mol. The maximum atomic E-state index is 12.5. The van der Waals surface area contributed by atoms with Gasteiger partial charge in [-0.1, -0.05) is 12.1 Å². The Bertz CT molecular complexity index is 560. The number of aromatic nitrogens is 1. The topological polar surface area (TPSA) is 26.0 Å². The molecule has 0 spiro atoms. The largest absolute Gasteiger partial charge is 0.433 e. The molecule has 100 valence electrons.